The molecule has 1 aromatic carbocycles. The second-order valence-corrected chi connectivity index (χ2v) is 6.49. The highest BCUT2D eigenvalue weighted by atomic mass is 35.5. The van der Waals surface area contributed by atoms with Gasteiger partial charge in [0.05, 0.1) is 5.69 Å². The van der Waals surface area contributed by atoms with Gasteiger partial charge in [-0.3, -0.25) is 9.48 Å². The van der Waals surface area contributed by atoms with E-state index in [1.165, 1.54) is 18.2 Å². The topological polar surface area (TPSA) is 64.7 Å². The fourth-order valence-electron chi connectivity index (χ4n) is 2.79. The van der Waals surface area contributed by atoms with Gasteiger partial charge in [0.1, 0.15) is 22.8 Å². The van der Waals surface area contributed by atoms with Gasteiger partial charge in [0.25, 0.3) is 0 Å². The first-order valence-corrected chi connectivity index (χ1v) is 8.65. The molecule has 0 radical (unpaired) electrons. The van der Waals surface area contributed by atoms with Crippen molar-refractivity contribution < 1.29 is 9.18 Å². The van der Waals surface area contributed by atoms with E-state index in [9.17, 15) is 9.18 Å². The van der Waals surface area contributed by atoms with Crippen LogP contribution in [-0.2, 0) is 18.9 Å². The maximum absolute atomic E-state index is 13.3. The molecule has 6 nitrogen and oxygen atoms in total. The van der Waals surface area contributed by atoms with Crippen LogP contribution in [0.5, 0.6) is 0 Å². The van der Waals surface area contributed by atoms with Gasteiger partial charge in [-0.05, 0) is 30.7 Å². The molecule has 3 rings (SSSR count). The lowest BCUT2D eigenvalue weighted by Gasteiger charge is -2.18. The summed E-state index contributed by atoms with van der Waals surface area (Å²) in [6.07, 6.45) is 6.45. The Morgan fingerprint density at radius 3 is 2.56 bits per heavy atom. The van der Waals surface area contributed by atoms with Crippen molar-refractivity contribution in [2.45, 2.75) is 13.0 Å². The molecule has 140 valence electrons. The minimum Gasteiger partial charge on any atom is -0.339 e. The normalized spacial score (nSPS) is 12.5. The van der Waals surface area contributed by atoms with Crippen LogP contribution >= 0.6 is 11.6 Å². The second-order valence-electron chi connectivity index (χ2n) is 6.14. The summed E-state index contributed by atoms with van der Waals surface area (Å²) < 4.78 is 16.6. The zero-order chi connectivity index (χ0) is 19.6. The van der Waals surface area contributed by atoms with E-state index in [2.05, 4.69) is 15.4 Å². The Morgan fingerprint density at radius 1 is 1.30 bits per heavy atom. The summed E-state index contributed by atoms with van der Waals surface area (Å²) in [5, 5.41) is 7.58. The predicted octanol–water partition coefficient (Wildman–Crippen LogP) is 3.17. The molecule has 0 fully saturated rings. The fourth-order valence-corrected chi connectivity index (χ4v) is 3.03. The maximum atomic E-state index is 13.3. The Morgan fingerprint density at radius 2 is 2.00 bits per heavy atom. The molecule has 2 aromatic heterocycles. The summed E-state index contributed by atoms with van der Waals surface area (Å²) in [5.74, 6) is -0.0316. The molecular weight excluding hydrogens is 369 g/mol. The van der Waals surface area contributed by atoms with Crippen LogP contribution in [0.15, 0.2) is 42.7 Å². The lowest BCUT2D eigenvalue weighted by molar-refractivity contribution is -0.117. The number of carbonyl (C=O) groups excluding carboxylic acids is 1. The van der Waals surface area contributed by atoms with Gasteiger partial charge in [-0.25, -0.2) is 9.37 Å². The third-order valence-corrected chi connectivity index (χ3v) is 4.65. The van der Waals surface area contributed by atoms with Crippen molar-refractivity contribution in [2.24, 2.45) is 14.1 Å². The number of benzene rings is 1. The zero-order valence-corrected chi connectivity index (χ0v) is 15.9. The molecule has 0 bridgehead atoms. The predicted molar refractivity (Wildman–Crippen MR) is 102 cm³/mol. The Bertz CT molecular complexity index is 990. The number of nitrogens with one attached hydrogen (secondary N) is 1. The number of rotatable bonds is 5. The second kappa shape index (κ2) is 7.75. The van der Waals surface area contributed by atoms with E-state index < -0.39 is 6.04 Å². The zero-order valence-electron chi connectivity index (χ0n) is 15.1. The number of imidazole rings is 1. The number of aryl methyl sites for hydroxylation is 3. The van der Waals surface area contributed by atoms with E-state index in [0.717, 1.165) is 11.3 Å². The average Bonchev–Trinajstić information content (AvgIpc) is 3.15. The highest BCUT2D eigenvalue weighted by Gasteiger charge is 2.20. The average molecular weight is 388 g/mol. The van der Waals surface area contributed by atoms with Crippen LogP contribution < -0.4 is 5.32 Å². The van der Waals surface area contributed by atoms with Crippen LogP contribution in [0.25, 0.3) is 6.08 Å². The lowest BCUT2D eigenvalue weighted by atomic mass is 10.1. The molecule has 8 heteroatoms. The lowest BCUT2D eigenvalue weighted by Crippen LogP contribution is -2.29. The molecule has 1 amide bonds. The Kier molecular flexibility index (Phi) is 5.41. The highest BCUT2D eigenvalue weighted by molar-refractivity contribution is 6.31. The first-order valence-electron chi connectivity index (χ1n) is 8.27. The van der Waals surface area contributed by atoms with Crippen molar-refractivity contribution >= 4 is 23.6 Å². The van der Waals surface area contributed by atoms with E-state index in [0.29, 0.717) is 16.5 Å². The van der Waals surface area contributed by atoms with E-state index in [1.54, 1.807) is 46.9 Å². The molecule has 0 saturated carbocycles. The first-order chi connectivity index (χ1) is 12.9. The first kappa shape index (κ1) is 18.8. The summed E-state index contributed by atoms with van der Waals surface area (Å²) in [7, 11) is 3.57. The maximum Gasteiger partial charge on any atom is 0.244 e. The molecule has 1 unspecified atom stereocenters. The van der Waals surface area contributed by atoms with Gasteiger partial charge in [-0.2, -0.15) is 5.10 Å². The van der Waals surface area contributed by atoms with Gasteiger partial charge in [-0.1, -0.05) is 23.7 Å². The van der Waals surface area contributed by atoms with Crippen molar-refractivity contribution in [3.8, 4) is 0 Å². The van der Waals surface area contributed by atoms with Crippen LogP contribution in [0, 0.1) is 12.7 Å². The molecule has 27 heavy (non-hydrogen) atoms. The van der Waals surface area contributed by atoms with Crippen molar-refractivity contribution in [3.63, 3.8) is 0 Å². The number of carbonyl (C=O) groups is 1. The summed E-state index contributed by atoms with van der Waals surface area (Å²) in [5.41, 5.74) is 2.14. The van der Waals surface area contributed by atoms with Gasteiger partial charge < -0.3 is 9.88 Å². The van der Waals surface area contributed by atoms with Gasteiger partial charge in [0, 0.05) is 38.1 Å². The molecular formula is C19H19ClFN5O. The third-order valence-electron chi connectivity index (χ3n) is 4.20. The van der Waals surface area contributed by atoms with Crippen molar-refractivity contribution in [1.82, 2.24) is 24.6 Å². The molecule has 0 spiro atoms. The smallest absolute Gasteiger partial charge is 0.244 e. The van der Waals surface area contributed by atoms with Crippen molar-refractivity contribution in [1.29, 1.82) is 0 Å². The Labute approximate surface area is 161 Å². The minimum absolute atomic E-state index is 0.327. The molecule has 1 atom stereocenters. The molecule has 0 aliphatic carbocycles. The third kappa shape index (κ3) is 4.09. The van der Waals surface area contributed by atoms with Crippen LogP contribution in [0.4, 0.5) is 4.39 Å². The SMILES string of the molecule is Cc1nn(C)c(Cl)c1/C=C/C(=O)NC(c1ccc(F)cc1)c1nccn1C. The largest absolute Gasteiger partial charge is 0.339 e. The number of hydrogen-bond donors (Lipinski definition) is 1. The van der Waals surface area contributed by atoms with Crippen molar-refractivity contribution in [3.05, 3.63) is 76.4 Å². The van der Waals surface area contributed by atoms with Crippen LogP contribution in [0.1, 0.15) is 28.7 Å². The Hall–Kier alpha value is -2.93. The minimum atomic E-state index is -0.520. The monoisotopic (exact) mass is 387 g/mol. The number of halogens is 2. The summed E-state index contributed by atoms with van der Waals surface area (Å²) in [6.45, 7) is 1.82. The van der Waals surface area contributed by atoms with E-state index in [4.69, 9.17) is 11.6 Å². The van der Waals surface area contributed by atoms with Crippen LogP contribution in [0.3, 0.4) is 0 Å². The highest BCUT2D eigenvalue weighted by Crippen LogP contribution is 2.22. The van der Waals surface area contributed by atoms with Crippen LogP contribution in [0.2, 0.25) is 5.15 Å². The van der Waals surface area contributed by atoms with E-state index in [1.807, 2.05) is 14.0 Å². The standard InChI is InChI=1S/C19H19ClFN5O/c1-12-15(18(20)26(3)24-12)8-9-16(27)23-17(19-22-10-11-25(19)2)13-4-6-14(21)7-5-13/h4-11,17H,1-3H3,(H,23,27)/b9-8+. The summed E-state index contributed by atoms with van der Waals surface area (Å²) in [6, 6.07) is 5.44. The molecule has 3 aromatic rings. The Balaban J connectivity index is 1.86. The summed E-state index contributed by atoms with van der Waals surface area (Å²) in [4.78, 5) is 16.8. The number of aromatic nitrogens is 4. The van der Waals surface area contributed by atoms with E-state index >= 15 is 0 Å². The number of amides is 1. The molecule has 0 aliphatic rings. The molecule has 1 N–H and O–H groups in total. The number of hydrogen-bond acceptors (Lipinski definition) is 3. The number of nitrogens with zero attached hydrogens (tertiary/aromatic N) is 4. The molecule has 0 saturated heterocycles. The van der Waals surface area contributed by atoms with Gasteiger partial charge in [-0.15, -0.1) is 0 Å². The van der Waals surface area contributed by atoms with E-state index in [-0.39, 0.29) is 11.7 Å². The summed E-state index contributed by atoms with van der Waals surface area (Å²) >= 11 is 6.18. The quantitative estimate of drug-likeness (QED) is 0.684. The van der Waals surface area contributed by atoms with Crippen LogP contribution in [-0.4, -0.2) is 25.2 Å². The fraction of sp³-hybridized carbons (Fsp3) is 0.211. The van der Waals surface area contributed by atoms with Gasteiger partial charge >= 0.3 is 0 Å². The molecule has 2 heterocycles. The van der Waals surface area contributed by atoms with Crippen molar-refractivity contribution in [2.75, 3.05) is 0 Å². The molecule has 0 aliphatic heterocycles. The van der Waals surface area contributed by atoms with Gasteiger partial charge in [0.15, 0.2) is 0 Å². The van der Waals surface area contributed by atoms with Gasteiger partial charge in [0.2, 0.25) is 5.91 Å².